The van der Waals surface area contributed by atoms with Gasteiger partial charge in [0.2, 0.25) is 5.89 Å². The minimum atomic E-state index is -0.0256. The van der Waals surface area contributed by atoms with Crippen molar-refractivity contribution in [3.63, 3.8) is 0 Å². The molecule has 1 fully saturated rings. The highest BCUT2D eigenvalue weighted by Gasteiger charge is 2.25. The Morgan fingerprint density at radius 2 is 2.18 bits per heavy atom. The fourth-order valence-corrected chi connectivity index (χ4v) is 2.71. The summed E-state index contributed by atoms with van der Waals surface area (Å²) >= 11 is 0. The van der Waals surface area contributed by atoms with E-state index in [0.717, 1.165) is 35.6 Å². The molecule has 2 N–H and O–H groups in total. The van der Waals surface area contributed by atoms with E-state index in [2.05, 4.69) is 44.5 Å². The molecule has 1 unspecified atom stereocenters. The van der Waals surface area contributed by atoms with Gasteiger partial charge in [0.15, 0.2) is 0 Å². The zero-order valence-electron chi connectivity index (χ0n) is 12.8. The van der Waals surface area contributed by atoms with E-state index in [1.807, 2.05) is 13.0 Å². The van der Waals surface area contributed by atoms with Crippen LogP contribution in [0.1, 0.15) is 55.4 Å². The second-order valence-corrected chi connectivity index (χ2v) is 6.08. The number of hydrogen-bond acceptors (Lipinski definition) is 5. The van der Waals surface area contributed by atoms with Gasteiger partial charge in [-0.2, -0.15) is 0 Å². The van der Waals surface area contributed by atoms with Crippen molar-refractivity contribution in [2.24, 2.45) is 0 Å². The lowest BCUT2D eigenvalue weighted by Gasteiger charge is -2.20. The Hall–Kier alpha value is -2.37. The predicted octanol–water partition coefficient (Wildman–Crippen LogP) is 3.69. The number of rotatable bonds is 4. The maximum atomic E-state index is 5.70. The highest BCUT2D eigenvalue weighted by molar-refractivity contribution is 5.75. The third-order valence-electron chi connectivity index (χ3n) is 4.30. The van der Waals surface area contributed by atoms with Gasteiger partial charge in [-0.25, -0.2) is 4.98 Å². The molecule has 0 amide bonds. The van der Waals surface area contributed by atoms with Gasteiger partial charge in [0.25, 0.3) is 0 Å². The monoisotopic (exact) mass is 297 g/mol. The third-order valence-corrected chi connectivity index (χ3v) is 4.30. The van der Waals surface area contributed by atoms with Crippen LogP contribution in [0.25, 0.3) is 11.0 Å². The fourth-order valence-electron chi connectivity index (χ4n) is 2.71. The molecule has 2 heterocycles. The number of aryl methyl sites for hydroxylation is 1. The Kier molecular flexibility index (Phi) is 3.10. The van der Waals surface area contributed by atoms with E-state index >= 15 is 0 Å². The van der Waals surface area contributed by atoms with Gasteiger partial charge < -0.3 is 14.7 Å². The number of imidazole rings is 1. The summed E-state index contributed by atoms with van der Waals surface area (Å²) in [5.41, 5.74) is 3.23. The van der Waals surface area contributed by atoms with Crippen molar-refractivity contribution in [3.8, 4) is 0 Å². The second kappa shape index (κ2) is 5.12. The first kappa shape index (κ1) is 13.3. The number of H-pyrrole nitrogens is 1. The average molecular weight is 297 g/mol. The lowest BCUT2D eigenvalue weighted by molar-refractivity contribution is 0.338. The highest BCUT2D eigenvalue weighted by atomic mass is 16.4. The van der Waals surface area contributed by atoms with Crippen LogP contribution in [-0.2, 0) is 0 Å². The molecule has 1 aromatic carbocycles. The molecule has 114 valence electrons. The topological polar surface area (TPSA) is 79.6 Å². The minimum Gasteiger partial charge on any atom is -0.408 e. The van der Waals surface area contributed by atoms with E-state index in [1.54, 1.807) is 0 Å². The van der Waals surface area contributed by atoms with Crippen LogP contribution in [0.3, 0.4) is 0 Å². The fraction of sp³-hybridized carbons (Fsp3) is 0.438. The van der Waals surface area contributed by atoms with Gasteiger partial charge in [0.1, 0.15) is 5.82 Å². The number of aromatic amines is 1. The van der Waals surface area contributed by atoms with Crippen molar-refractivity contribution in [1.82, 2.24) is 20.2 Å². The molecule has 0 bridgehead atoms. The molecule has 1 aliphatic rings. The van der Waals surface area contributed by atoms with Crippen LogP contribution in [0.4, 0.5) is 6.01 Å². The van der Waals surface area contributed by atoms with Crippen LogP contribution in [-0.4, -0.2) is 20.2 Å². The smallest absolute Gasteiger partial charge is 0.316 e. The number of fused-ring (bicyclic) bond motifs is 1. The number of benzene rings is 1. The first-order valence-electron chi connectivity index (χ1n) is 7.75. The summed E-state index contributed by atoms with van der Waals surface area (Å²) in [6.45, 7) is 4.10. The average Bonchev–Trinajstić information content (AvgIpc) is 3.03. The lowest BCUT2D eigenvalue weighted by Crippen LogP contribution is -2.09. The summed E-state index contributed by atoms with van der Waals surface area (Å²) in [6.07, 6.45) is 3.56. The van der Waals surface area contributed by atoms with Crippen molar-refractivity contribution in [3.05, 3.63) is 35.5 Å². The van der Waals surface area contributed by atoms with E-state index in [0.29, 0.717) is 11.9 Å². The molecule has 22 heavy (non-hydrogen) atoms. The molecule has 1 saturated carbocycles. The zero-order chi connectivity index (χ0) is 15.1. The quantitative estimate of drug-likeness (QED) is 0.767. The Morgan fingerprint density at radius 1 is 1.32 bits per heavy atom. The Bertz CT molecular complexity index is 802. The SMILES string of the molecule is Cc1ccc2nc(C(C)Nc3nnc(C4CCC4)o3)[nH]c2c1. The maximum Gasteiger partial charge on any atom is 0.316 e. The van der Waals surface area contributed by atoms with Crippen LogP contribution in [0.5, 0.6) is 0 Å². The predicted molar refractivity (Wildman–Crippen MR) is 83.8 cm³/mol. The van der Waals surface area contributed by atoms with Crippen LogP contribution in [0, 0.1) is 6.92 Å². The van der Waals surface area contributed by atoms with Gasteiger partial charge in [-0.05, 0) is 44.4 Å². The molecule has 0 radical (unpaired) electrons. The molecule has 0 aliphatic heterocycles. The lowest BCUT2D eigenvalue weighted by atomic mass is 9.85. The second-order valence-electron chi connectivity index (χ2n) is 6.08. The van der Waals surface area contributed by atoms with Gasteiger partial charge >= 0.3 is 6.01 Å². The maximum absolute atomic E-state index is 5.70. The molecule has 4 rings (SSSR count). The zero-order valence-corrected chi connectivity index (χ0v) is 12.8. The first-order valence-corrected chi connectivity index (χ1v) is 7.75. The first-order chi connectivity index (χ1) is 10.7. The summed E-state index contributed by atoms with van der Waals surface area (Å²) in [4.78, 5) is 7.96. The van der Waals surface area contributed by atoms with Crippen LogP contribution >= 0.6 is 0 Å². The van der Waals surface area contributed by atoms with Gasteiger partial charge in [-0.15, -0.1) is 5.10 Å². The van der Waals surface area contributed by atoms with E-state index in [-0.39, 0.29) is 6.04 Å². The van der Waals surface area contributed by atoms with Gasteiger partial charge in [-0.3, -0.25) is 0 Å². The highest BCUT2D eigenvalue weighted by Crippen LogP contribution is 2.36. The summed E-state index contributed by atoms with van der Waals surface area (Å²) in [6, 6.07) is 6.63. The summed E-state index contributed by atoms with van der Waals surface area (Å²) < 4.78 is 5.70. The number of aromatic nitrogens is 4. The van der Waals surface area contributed by atoms with Crippen molar-refractivity contribution < 1.29 is 4.42 Å². The van der Waals surface area contributed by atoms with E-state index in [9.17, 15) is 0 Å². The Morgan fingerprint density at radius 3 is 2.95 bits per heavy atom. The van der Waals surface area contributed by atoms with Crippen molar-refractivity contribution in [2.45, 2.75) is 45.1 Å². The van der Waals surface area contributed by atoms with Crippen molar-refractivity contribution >= 4 is 17.0 Å². The standard InChI is InChI=1S/C16H19N5O/c1-9-6-7-12-13(8-9)19-14(18-12)10(2)17-16-21-20-15(22-16)11-4-3-5-11/h6-8,10-11H,3-5H2,1-2H3,(H,17,21)(H,18,19). The molecular weight excluding hydrogens is 278 g/mol. The van der Waals surface area contributed by atoms with Crippen molar-refractivity contribution in [1.29, 1.82) is 0 Å². The van der Waals surface area contributed by atoms with Crippen LogP contribution in [0.15, 0.2) is 22.6 Å². The molecule has 2 aromatic heterocycles. The van der Waals surface area contributed by atoms with Crippen molar-refractivity contribution in [2.75, 3.05) is 5.32 Å². The van der Waals surface area contributed by atoms with E-state index in [1.165, 1.54) is 12.0 Å². The molecule has 1 atom stereocenters. The third kappa shape index (κ3) is 2.34. The molecule has 6 heteroatoms. The van der Waals surface area contributed by atoms with E-state index in [4.69, 9.17) is 4.42 Å². The largest absolute Gasteiger partial charge is 0.408 e. The van der Waals surface area contributed by atoms with Gasteiger partial charge in [0.05, 0.1) is 17.1 Å². The molecule has 6 nitrogen and oxygen atoms in total. The number of hydrogen-bond donors (Lipinski definition) is 2. The van der Waals surface area contributed by atoms with Crippen LogP contribution < -0.4 is 5.32 Å². The number of nitrogens with zero attached hydrogens (tertiary/aromatic N) is 3. The van der Waals surface area contributed by atoms with Crippen LogP contribution in [0.2, 0.25) is 0 Å². The molecule has 0 spiro atoms. The molecule has 3 aromatic rings. The Balaban J connectivity index is 1.52. The number of nitrogens with one attached hydrogen (secondary N) is 2. The minimum absolute atomic E-state index is 0.0256. The Labute approximate surface area is 128 Å². The summed E-state index contributed by atoms with van der Waals surface area (Å²) in [5.74, 6) is 2.07. The molecular formula is C16H19N5O. The van der Waals surface area contributed by atoms with Gasteiger partial charge in [-0.1, -0.05) is 17.6 Å². The number of anilines is 1. The normalized spacial score (nSPS) is 16.6. The molecule has 1 aliphatic carbocycles. The summed E-state index contributed by atoms with van der Waals surface area (Å²) in [7, 11) is 0. The molecule has 0 saturated heterocycles. The summed E-state index contributed by atoms with van der Waals surface area (Å²) in [5, 5.41) is 11.4. The van der Waals surface area contributed by atoms with Gasteiger partial charge in [0, 0.05) is 5.92 Å². The van der Waals surface area contributed by atoms with E-state index < -0.39 is 0 Å².